The van der Waals surface area contributed by atoms with Gasteiger partial charge >= 0.3 is 5.97 Å². The Bertz CT molecular complexity index is 1070. The number of rotatable bonds is 7. The first-order valence-electron chi connectivity index (χ1n) is 8.54. The molecule has 3 aromatic rings. The summed E-state index contributed by atoms with van der Waals surface area (Å²) in [5.41, 5.74) is 1.13. The second kappa shape index (κ2) is 8.74. The average molecular weight is 420 g/mol. The summed E-state index contributed by atoms with van der Waals surface area (Å²) < 4.78 is 16.9. The van der Waals surface area contributed by atoms with E-state index in [-0.39, 0.29) is 5.56 Å². The van der Waals surface area contributed by atoms with Crippen LogP contribution in [0.5, 0.6) is 11.5 Å². The number of amides is 1. The van der Waals surface area contributed by atoms with Crippen molar-refractivity contribution in [2.24, 2.45) is 0 Å². The number of carbonyl (C=O) groups excluding carboxylic acids is 2. The number of methoxy groups -OCH3 is 2. The number of aryl methyl sites for hydroxylation is 1. The third-order valence-electron chi connectivity index (χ3n) is 4.04. The van der Waals surface area contributed by atoms with E-state index in [9.17, 15) is 9.59 Å². The van der Waals surface area contributed by atoms with Crippen LogP contribution < -0.4 is 14.8 Å². The third-order valence-corrected chi connectivity index (χ3v) is 4.34. The average Bonchev–Trinajstić information content (AvgIpc) is 3.21. The van der Waals surface area contributed by atoms with Gasteiger partial charge in [-0.05, 0) is 6.42 Å². The number of halogens is 1. The number of benzene rings is 1. The number of carbonyl (C=O) groups is 2. The Morgan fingerprint density at radius 3 is 2.62 bits per heavy atom. The summed E-state index contributed by atoms with van der Waals surface area (Å²) in [6, 6.07) is 3.02. The van der Waals surface area contributed by atoms with E-state index in [4.69, 9.17) is 25.8 Å². The highest BCUT2D eigenvalue weighted by atomic mass is 35.5. The van der Waals surface area contributed by atoms with E-state index in [1.165, 1.54) is 43.4 Å². The molecule has 29 heavy (non-hydrogen) atoms. The number of esters is 1. The molecule has 0 spiro atoms. The molecule has 2 aromatic heterocycles. The molecule has 0 aliphatic rings. The van der Waals surface area contributed by atoms with E-state index >= 15 is 0 Å². The first kappa shape index (κ1) is 20.3. The summed E-state index contributed by atoms with van der Waals surface area (Å²) in [5, 5.41) is 6.98. The number of aromatic nitrogens is 4. The van der Waals surface area contributed by atoms with E-state index in [2.05, 4.69) is 20.4 Å². The molecular weight excluding hydrogens is 402 g/mol. The number of ether oxygens (including phenoxy) is 3. The number of hydrogen-bond donors (Lipinski definition) is 1. The van der Waals surface area contributed by atoms with Crippen LogP contribution in [0.25, 0.3) is 5.78 Å². The molecule has 2 heterocycles. The number of anilines is 1. The Kier molecular flexibility index (Phi) is 6.13. The Morgan fingerprint density at radius 2 is 1.93 bits per heavy atom. The van der Waals surface area contributed by atoms with E-state index in [1.54, 1.807) is 0 Å². The van der Waals surface area contributed by atoms with Gasteiger partial charge in [0.25, 0.3) is 11.7 Å². The molecule has 152 valence electrons. The summed E-state index contributed by atoms with van der Waals surface area (Å²) >= 11 is 6.04. The van der Waals surface area contributed by atoms with Crippen molar-refractivity contribution >= 4 is 34.9 Å². The molecule has 0 aliphatic carbocycles. The monoisotopic (exact) mass is 419 g/mol. The molecular formula is C18H18ClN5O5. The highest BCUT2D eigenvalue weighted by Crippen LogP contribution is 2.35. The van der Waals surface area contributed by atoms with E-state index in [0.717, 1.165) is 0 Å². The fraction of sp³-hybridized carbons (Fsp3) is 0.278. The summed E-state index contributed by atoms with van der Waals surface area (Å²) in [6.45, 7) is 1.35. The zero-order valence-corrected chi connectivity index (χ0v) is 16.7. The van der Waals surface area contributed by atoms with Gasteiger partial charge in [-0.25, -0.2) is 14.3 Å². The van der Waals surface area contributed by atoms with Crippen molar-refractivity contribution in [2.45, 2.75) is 13.3 Å². The Labute approximate surface area is 170 Å². The molecule has 1 amide bonds. The van der Waals surface area contributed by atoms with E-state index in [1.807, 2.05) is 6.92 Å². The SMILES string of the molecule is CCc1c(C(=O)OCC(=O)Nc2cc(OC)c(Cl)cc2OC)cnc2ncnn12. The number of nitrogens with zero attached hydrogens (tertiary/aromatic N) is 4. The molecule has 0 aliphatic heterocycles. The predicted octanol–water partition coefficient (Wildman–Crippen LogP) is 2.15. The summed E-state index contributed by atoms with van der Waals surface area (Å²) in [7, 11) is 2.89. The van der Waals surface area contributed by atoms with Crippen molar-refractivity contribution in [3.63, 3.8) is 0 Å². The predicted molar refractivity (Wildman–Crippen MR) is 104 cm³/mol. The van der Waals surface area contributed by atoms with Gasteiger partial charge in [-0.2, -0.15) is 10.1 Å². The summed E-state index contributed by atoms with van der Waals surface area (Å²) in [5.74, 6) is -0.180. The van der Waals surface area contributed by atoms with Crippen molar-refractivity contribution < 1.29 is 23.8 Å². The highest BCUT2D eigenvalue weighted by Gasteiger charge is 2.19. The highest BCUT2D eigenvalue weighted by molar-refractivity contribution is 6.32. The molecule has 0 radical (unpaired) electrons. The van der Waals surface area contributed by atoms with Gasteiger partial charge in [-0.1, -0.05) is 18.5 Å². The van der Waals surface area contributed by atoms with Gasteiger partial charge in [0.1, 0.15) is 17.8 Å². The summed E-state index contributed by atoms with van der Waals surface area (Å²) in [6.07, 6.45) is 3.20. The van der Waals surface area contributed by atoms with E-state index < -0.39 is 18.5 Å². The minimum Gasteiger partial charge on any atom is -0.495 e. The van der Waals surface area contributed by atoms with Crippen LogP contribution in [0.1, 0.15) is 23.0 Å². The summed E-state index contributed by atoms with van der Waals surface area (Å²) in [4.78, 5) is 32.8. The Hall–Kier alpha value is -3.40. The van der Waals surface area contributed by atoms with Crippen molar-refractivity contribution in [3.8, 4) is 11.5 Å². The molecule has 0 saturated carbocycles. The van der Waals surface area contributed by atoms with Crippen molar-refractivity contribution in [1.82, 2.24) is 19.6 Å². The maximum Gasteiger partial charge on any atom is 0.342 e. The van der Waals surface area contributed by atoms with Crippen LogP contribution >= 0.6 is 11.6 Å². The molecule has 11 heteroatoms. The standard InChI is InChI=1S/C18H18ClN5O5/c1-4-13-10(7-20-18-21-9-22-24(13)18)17(26)29-8-16(25)23-12-6-14(27-2)11(19)5-15(12)28-3/h5-7,9H,4,8H2,1-3H3,(H,23,25). The van der Waals surface area contributed by atoms with Crippen molar-refractivity contribution in [2.75, 3.05) is 26.1 Å². The molecule has 0 saturated heterocycles. The Morgan fingerprint density at radius 1 is 1.17 bits per heavy atom. The van der Waals surface area contributed by atoms with Crippen molar-refractivity contribution in [3.05, 3.63) is 40.9 Å². The molecule has 0 unspecified atom stereocenters. The fourth-order valence-electron chi connectivity index (χ4n) is 2.69. The maximum absolute atomic E-state index is 12.4. The topological polar surface area (TPSA) is 117 Å². The Balaban J connectivity index is 1.71. The van der Waals surface area contributed by atoms with Crippen molar-refractivity contribution in [1.29, 1.82) is 0 Å². The number of hydrogen-bond acceptors (Lipinski definition) is 8. The van der Waals surface area contributed by atoms with E-state index in [0.29, 0.717) is 40.1 Å². The lowest BCUT2D eigenvalue weighted by Crippen LogP contribution is -2.22. The first-order valence-corrected chi connectivity index (χ1v) is 8.92. The lowest BCUT2D eigenvalue weighted by Gasteiger charge is -2.13. The zero-order chi connectivity index (χ0) is 21.0. The third kappa shape index (κ3) is 4.21. The first-order chi connectivity index (χ1) is 14.0. The van der Waals surface area contributed by atoms with Gasteiger partial charge in [0.05, 0.1) is 36.2 Å². The van der Waals surface area contributed by atoms with Gasteiger partial charge in [0.15, 0.2) is 6.61 Å². The molecule has 10 nitrogen and oxygen atoms in total. The van der Waals surface area contributed by atoms with Gasteiger partial charge in [0.2, 0.25) is 0 Å². The fourth-order valence-corrected chi connectivity index (χ4v) is 2.92. The van der Waals surface area contributed by atoms with Gasteiger partial charge in [-0.15, -0.1) is 0 Å². The molecule has 3 rings (SSSR count). The smallest absolute Gasteiger partial charge is 0.342 e. The normalized spacial score (nSPS) is 10.6. The van der Waals surface area contributed by atoms with Crippen LogP contribution in [0, 0.1) is 0 Å². The lowest BCUT2D eigenvalue weighted by atomic mass is 10.2. The van der Waals surface area contributed by atoms with Gasteiger partial charge < -0.3 is 19.5 Å². The largest absolute Gasteiger partial charge is 0.495 e. The molecule has 0 fully saturated rings. The quantitative estimate of drug-likeness (QED) is 0.579. The van der Waals surface area contributed by atoms with Crippen LogP contribution in [0.2, 0.25) is 5.02 Å². The number of nitrogens with one attached hydrogen (secondary N) is 1. The minimum absolute atomic E-state index is 0.212. The van der Waals surface area contributed by atoms with Crippen LogP contribution in [0.15, 0.2) is 24.7 Å². The second-order valence-electron chi connectivity index (χ2n) is 5.76. The van der Waals surface area contributed by atoms with Crippen LogP contribution in [0.3, 0.4) is 0 Å². The molecule has 1 N–H and O–H groups in total. The lowest BCUT2D eigenvalue weighted by molar-refractivity contribution is -0.119. The maximum atomic E-state index is 12.4. The molecule has 0 bridgehead atoms. The van der Waals surface area contributed by atoms with Gasteiger partial charge in [-0.3, -0.25) is 4.79 Å². The minimum atomic E-state index is -0.692. The number of fused-ring (bicyclic) bond motifs is 1. The molecule has 0 atom stereocenters. The van der Waals surface area contributed by atoms with Gasteiger partial charge in [0, 0.05) is 18.3 Å². The van der Waals surface area contributed by atoms with Crippen LogP contribution in [-0.4, -0.2) is 52.3 Å². The van der Waals surface area contributed by atoms with Crippen LogP contribution in [-0.2, 0) is 16.0 Å². The second-order valence-corrected chi connectivity index (χ2v) is 6.16. The molecule has 1 aromatic carbocycles. The van der Waals surface area contributed by atoms with Crippen LogP contribution in [0.4, 0.5) is 5.69 Å². The zero-order valence-electron chi connectivity index (χ0n) is 15.9.